The van der Waals surface area contributed by atoms with Crippen LogP contribution in [0.5, 0.6) is 11.5 Å². The monoisotopic (exact) mass is 824 g/mol. The van der Waals surface area contributed by atoms with E-state index in [-0.39, 0.29) is 70.2 Å². The van der Waals surface area contributed by atoms with E-state index in [1.54, 1.807) is 12.1 Å². The van der Waals surface area contributed by atoms with Gasteiger partial charge in [-0.1, -0.05) is 11.5 Å². The summed E-state index contributed by atoms with van der Waals surface area (Å²) in [5.41, 5.74) is -0.322. The molecule has 0 aliphatic carbocycles. The predicted octanol–water partition coefficient (Wildman–Crippen LogP) is -2.66. The zero-order valence-electron chi connectivity index (χ0n) is 13.3. The summed E-state index contributed by atoms with van der Waals surface area (Å²) in [7, 11) is 0. The number of rotatable bonds is 2. The Morgan fingerprint density at radius 1 is 0.692 bits per heavy atom. The summed E-state index contributed by atoms with van der Waals surface area (Å²) in [4.78, 5) is 21.0. The Morgan fingerprint density at radius 3 is 1.19 bits per heavy atom. The Kier molecular flexibility index (Phi) is 16.2. The van der Waals surface area contributed by atoms with E-state index < -0.39 is 23.4 Å². The number of carboxylic acid groups (broad SMARTS) is 2. The quantitative estimate of drug-likeness (QED) is 0.253. The summed E-state index contributed by atoms with van der Waals surface area (Å²) < 4.78 is 2.40. The van der Waals surface area contributed by atoms with Crippen molar-refractivity contribution in [2.24, 2.45) is 0 Å². The van der Waals surface area contributed by atoms with Gasteiger partial charge in [0, 0.05) is 14.3 Å². The molecule has 2 N–H and O–H groups in total. The molecule has 0 atom stereocenters. The first-order valence-corrected chi connectivity index (χ1v) is 10.1. The average molecular weight is 824 g/mol. The standard InChI is InChI=1S/2C7H4I2O3.2Na/c2*8-3-1-4(7(11)12)6(10)5(9)2-3;;/h2*1-2,10H,(H,11,12);;/q;;2*+1/p-2. The van der Waals surface area contributed by atoms with Crippen LogP contribution in [-0.2, 0) is 0 Å². The minimum Gasteiger partial charge on any atom is -0.871 e. The number of hydrogen-bond acceptors (Lipinski definition) is 4. The fraction of sp³-hybridized carbons (Fsp3) is 0. The van der Waals surface area contributed by atoms with E-state index in [9.17, 15) is 19.8 Å². The van der Waals surface area contributed by atoms with Gasteiger partial charge in [-0.3, -0.25) is 0 Å². The van der Waals surface area contributed by atoms with Crippen LogP contribution in [0.4, 0.5) is 0 Å². The molecule has 0 bridgehead atoms. The molecule has 6 nitrogen and oxygen atoms in total. The normalized spacial score (nSPS) is 9.08. The van der Waals surface area contributed by atoms with Crippen LogP contribution >= 0.6 is 90.4 Å². The number of benzene rings is 2. The van der Waals surface area contributed by atoms with Gasteiger partial charge in [-0.05, 0) is 115 Å². The second-order valence-corrected chi connectivity index (χ2v) is 8.95. The molecule has 2 aromatic carbocycles. The van der Waals surface area contributed by atoms with Crippen molar-refractivity contribution in [2.45, 2.75) is 0 Å². The molecule has 0 saturated heterocycles. The molecule has 0 amide bonds. The molecular formula is C14H6I4Na2O6. The van der Waals surface area contributed by atoms with Gasteiger partial charge in [0.05, 0.1) is 11.1 Å². The zero-order valence-corrected chi connectivity index (χ0v) is 26.0. The molecule has 0 radical (unpaired) electrons. The van der Waals surface area contributed by atoms with E-state index in [0.29, 0.717) is 7.14 Å². The summed E-state index contributed by atoms with van der Waals surface area (Å²) in [6, 6.07) is 6.03. The Bertz CT molecular complexity index is 749. The number of aromatic carboxylic acids is 2. The van der Waals surface area contributed by atoms with Gasteiger partial charge in [0.15, 0.2) is 0 Å². The van der Waals surface area contributed by atoms with E-state index in [0.717, 1.165) is 7.14 Å². The van der Waals surface area contributed by atoms with Gasteiger partial charge in [-0.15, -0.1) is 0 Å². The molecular weight excluding hydrogens is 818 g/mol. The number of hydrogen-bond donors (Lipinski definition) is 2. The maximum absolute atomic E-state index is 11.2. The van der Waals surface area contributed by atoms with Crippen molar-refractivity contribution in [2.75, 3.05) is 0 Å². The molecule has 0 unspecified atom stereocenters. The maximum atomic E-state index is 11.2. The van der Waals surface area contributed by atoms with Crippen LogP contribution in [0, 0.1) is 14.3 Å². The van der Waals surface area contributed by atoms with Gasteiger partial charge in [0.25, 0.3) is 0 Å². The molecule has 128 valence electrons. The van der Waals surface area contributed by atoms with Gasteiger partial charge in [-0.25, -0.2) is 9.59 Å². The maximum Gasteiger partial charge on any atom is 1.00 e. The second-order valence-electron chi connectivity index (χ2n) is 4.14. The Labute approximate surface area is 248 Å². The van der Waals surface area contributed by atoms with Gasteiger partial charge in [0.2, 0.25) is 0 Å². The van der Waals surface area contributed by atoms with Gasteiger partial charge >= 0.3 is 71.1 Å². The first-order valence-electron chi connectivity index (χ1n) is 5.83. The molecule has 12 heteroatoms. The van der Waals surface area contributed by atoms with Crippen LogP contribution in [0.2, 0.25) is 0 Å². The van der Waals surface area contributed by atoms with Crippen LogP contribution in [-0.4, -0.2) is 22.2 Å². The Hall–Kier alpha value is 1.90. The first-order chi connectivity index (χ1) is 11.0. The molecule has 26 heavy (non-hydrogen) atoms. The van der Waals surface area contributed by atoms with Crippen molar-refractivity contribution in [1.82, 2.24) is 0 Å². The molecule has 0 aliphatic heterocycles. The second kappa shape index (κ2) is 14.0. The minimum atomic E-state index is -1.17. The fourth-order valence-electron chi connectivity index (χ4n) is 1.44. The van der Waals surface area contributed by atoms with Crippen molar-refractivity contribution in [3.63, 3.8) is 0 Å². The first kappa shape index (κ1) is 30.1. The third kappa shape index (κ3) is 9.15. The van der Waals surface area contributed by atoms with Crippen LogP contribution in [0.25, 0.3) is 0 Å². The molecule has 2 aromatic rings. The molecule has 0 fully saturated rings. The minimum absolute atomic E-state index is 0. The van der Waals surface area contributed by atoms with E-state index in [1.165, 1.54) is 12.1 Å². The van der Waals surface area contributed by atoms with Crippen LogP contribution in [0.1, 0.15) is 20.7 Å². The molecule has 0 aromatic heterocycles. The van der Waals surface area contributed by atoms with E-state index in [1.807, 2.05) is 90.4 Å². The summed E-state index contributed by atoms with van der Waals surface area (Å²) in [6.07, 6.45) is 0. The predicted molar refractivity (Wildman–Crippen MR) is 117 cm³/mol. The third-order valence-corrected chi connectivity index (χ3v) is 5.33. The van der Waals surface area contributed by atoms with E-state index in [4.69, 9.17) is 10.2 Å². The molecule has 0 saturated carbocycles. The van der Waals surface area contributed by atoms with Crippen molar-refractivity contribution in [3.8, 4) is 11.5 Å². The average Bonchev–Trinajstić information content (AvgIpc) is 2.46. The molecule has 0 heterocycles. The van der Waals surface area contributed by atoms with Gasteiger partial charge in [-0.2, -0.15) is 0 Å². The van der Waals surface area contributed by atoms with Crippen LogP contribution in [0.15, 0.2) is 24.3 Å². The molecule has 2 rings (SSSR count). The summed E-state index contributed by atoms with van der Waals surface area (Å²) in [5.74, 6) is -3.17. The van der Waals surface area contributed by atoms with Gasteiger partial charge < -0.3 is 20.4 Å². The number of carbonyl (C=O) groups is 2. The SMILES string of the molecule is O=C(O)c1cc(I)cc(I)c1[O-].O=C(O)c1cc(I)cc(I)c1[O-].[Na+].[Na+]. The van der Waals surface area contributed by atoms with E-state index >= 15 is 0 Å². The third-order valence-electron chi connectivity index (χ3n) is 2.48. The zero-order chi connectivity index (χ0) is 18.6. The fourth-order valence-corrected chi connectivity index (χ4v) is 5.13. The smallest absolute Gasteiger partial charge is 0.871 e. The topological polar surface area (TPSA) is 121 Å². The van der Waals surface area contributed by atoms with Crippen molar-refractivity contribution >= 4 is 102 Å². The Balaban J connectivity index is 0. The number of halogens is 4. The molecule has 0 aliphatic rings. The van der Waals surface area contributed by atoms with Gasteiger partial charge in [0.1, 0.15) is 0 Å². The molecule has 0 spiro atoms. The van der Waals surface area contributed by atoms with Crippen molar-refractivity contribution in [1.29, 1.82) is 0 Å². The number of carboxylic acids is 2. The van der Waals surface area contributed by atoms with Crippen molar-refractivity contribution < 1.29 is 89.1 Å². The van der Waals surface area contributed by atoms with E-state index in [2.05, 4.69) is 0 Å². The largest absolute Gasteiger partial charge is 1.00 e. The summed E-state index contributed by atoms with van der Waals surface area (Å²) in [5, 5.41) is 39.6. The summed E-state index contributed by atoms with van der Waals surface area (Å²) in [6.45, 7) is 0. The van der Waals surface area contributed by atoms with Crippen LogP contribution < -0.4 is 69.3 Å². The van der Waals surface area contributed by atoms with Crippen molar-refractivity contribution in [3.05, 3.63) is 49.7 Å². The summed E-state index contributed by atoms with van der Waals surface area (Å²) >= 11 is 7.60. The Morgan fingerprint density at radius 2 is 0.962 bits per heavy atom. The van der Waals surface area contributed by atoms with Crippen LogP contribution in [0.3, 0.4) is 0 Å².